The normalized spacial score (nSPS) is 49.9. The van der Waals surface area contributed by atoms with Gasteiger partial charge < -0.3 is 64.2 Å². The van der Waals surface area contributed by atoms with Gasteiger partial charge in [-0.25, -0.2) is 0 Å². The van der Waals surface area contributed by atoms with Crippen LogP contribution in [-0.2, 0) is 33.2 Å². The molecule has 3 unspecified atom stereocenters. The summed E-state index contributed by atoms with van der Waals surface area (Å²) in [6.07, 6.45) is -8.22. The summed E-state index contributed by atoms with van der Waals surface area (Å²) in [7, 11) is 5.27. The molecule has 3 fully saturated rings. The molecule has 0 aliphatic carbocycles. The molecule has 0 aromatic rings. The SMILES string of the molecule is CC[C@H]1OC(=O)[C@H](C)[C@@H](O[C@H]2C[C@](C)(OC)[C@@H](O)C(C)O2)[C@H](C)[C@@H](O[C@@H]2OC(C)C[C@@H](N(C)C)C2O)[C@](C)(O)C[C@@H](C)CN[C@H](C)[C@@H](O)[C@]1(C)O. The summed E-state index contributed by atoms with van der Waals surface area (Å²) in [6.45, 7) is 17.8. The number of carbonyl (C=O) groups excluding carboxylic acids is 1. The van der Waals surface area contributed by atoms with Gasteiger partial charge in [0.2, 0.25) is 0 Å². The highest BCUT2D eigenvalue weighted by molar-refractivity contribution is 5.73. The number of nitrogens with zero attached hydrogens (tertiary/aromatic N) is 1. The smallest absolute Gasteiger partial charge is 0.311 e. The van der Waals surface area contributed by atoms with Crippen molar-refractivity contribution in [3.05, 3.63) is 0 Å². The van der Waals surface area contributed by atoms with Crippen molar-refractivity contribution in [3.8, 4) is 0 Å². The maximum atomic E-state index is 14.1. The molecule has 3 rings (SSSR count). The second-order valence-corrected chi connectivity index (χ2v) is 16.7. The molecule has 51 heavy (non-hydrogen) atoms. The van der Waals surface area contributed by atoms with Crippen LogP contribution in [0.3, 0.4) is 0 Å². The van der Waals surface area contributed by atoms with Crippen molar-refractivity contribution < 1.29 is 58.7 Å². The average molecular weight is 735 g/mol. The van der Waals surface area contributed by atoms with E-state index in [0.29, 0.717) is 13.0 Å². The zero-order chi connectivity index (χ0) is 38.8. The molecule has 0 bridgehead atoms. The quantitative estimate of drug-likeness (QED) is 0.207. The van der Waals surface area contributed by atoms with E-state index in [2.05, 4.69) is 5.32 Å². The van der Waals surface area contributed by atoms with E-state index in [9.17, 15) is 30.3 Å². The molecule has 6 N–H and O–H groups in total. The van der Waals surface area contributed by atoms with E-state index in [1.54, 1.807) is 41.5 Å². The van der Waals surface area contributed by atoms with Crippen LogP contribution in [0.15, 0.2) is 0 Å². The van der Waals surface area contributed by atoms with Gasteiger partial charge in [-0.2, -0.15) is 0 Å². The van der Waals surface area contributed by atoms with Crippen LogP contribution in [0.25, 0.3) is 0 Å². The summed E-state index contributed by atoms with van der Waals surface area (Å²) in [5, 5.41) is 60.9. The molecule has 14 heteroatoms. The fraction of sp³-hybridized carbons (Fsp3) is 0.973. The Hall–Kier alpha value is -1.01. The molecule has 14 nitrogen and oxygen atoms in total. The van der Waals surface area contributed by atoms with E-state index < -0.39 is 96.0 Å². The Bertz CT molecular complexity index is 1110. The van der Waals surface area contributed by atoms with Crippen molar-refractivity contribution in [2.45, 2.75) is 185 Å². The molecule has 0 saturated carbocycles. The number of cyclic esters (lactones) is 1. The van der Waals surface area contributed by atoms with E-state index >= 15 is 0 Å². The number of ether oxygens (including phenoxy) is 6. The minimum absolute atomic E-state index is 0.132. The molecule has 0 radical (unpaired) electrons. The summed E-state index contributed by atoms with van der Waals surface area (Å²) < 4.78 is 37.4. The number of hydrogen-bond donors (Lipinski definition) is 6. The Labute approximate surface area is 305 Å². The van der Waals surface area contributed by atoms with Crippen LogP contribution in [0.1, 0.15) is 94.9 Å². The molecule has 3 saturated heterocycles. The fourth-order valence-corrected chi connectivity index (χ4v) is 8.36. The van der Waals surface area contributed by atoms with E-state index in [0.717, 1.165) is 0 Å². The first-order chi connectivity index (χ1) is 23.5. The summed E-state index contributed by atoms with van der Waals surface area (Å²) in [6, 6.07) is -0.858. The van der Waals surface area contributed by atoms with Gasteiger partial charge in [0.25, 0.3) is 0 Å². The van der Waals surface area contributed by atoms with Gasteiger partial charge in [-0.05, 0) is 94.3 Å². The monoisotopic (exact) mass is 734 g/mol. The number of methoxy groups -OCH3 is 1. The van der Waals surface area contributed by atoms with Crippen molar-refractivity contribution >= 4 is 5.97 Å². The Morgan fingerprint density at radius 2 is 1.57 bits per heavy atom. The summed E-state index contributed by atoms with van der Waals surface area (Å²) in [4.78, 5) is 16.1. The standard InChI is InChI=1S/C37H70N2O12/c1-14-26-37(10,45)30(41)23(6)38-18-19(2)16-35(8,44)32(51-34-28(40)25(39(11)12)15-20(3)47-34)21(4)29(22(5)33(43)49-26)50-27-17-36(9,46-13)31(42)24(7)48-27/h19-32,34,38,40-42,44-45H,14-18H2,1-13H3/t19-,20?,21+,22-,23-,24?,25-,26-,27+,28?,29+,30-,31+,32-,34+,35-,36+,37-/m1/s1. The van der Waals surface area contributed by atoms with Crippen LogP contribution in [0, 0.1) is 17.8 Å². The minimum Gasteiger partial charge on any atom is -0.459 e. The maximum Gasteiger partial charge on any atom is 0.311 e. The molecular formula is C37H70N2O12. The largest absolute Gasteiger partial charge is 0.459 e. The highest BCUT2D eigenvalue weighted by Gasteiger charge is 2.52. The van der Waals surface area contributed by atoms with Gasteiger partial charge in [0.05, 0.1) is 41.5 Å². The van der Waals surface area contributed by atoms with Gasteiger partial charge in [-0.3, -0.25) is 4.79 Å². The summed E-state index contributed by atoms with van der Waals surface area (Å²) >= 11 is 0. The zero-order valence-electron chi connectivity index (χ0n) is 33.2. The third-order valence-electron chi connectivity index (χ3n) is 11.7. The molecule has 3 heterocycles. The lowest BCUT2D eigenvalue weighted by Gasteiger charge is -2.48. The summed E-state index contributed by atoms with van der Waals surface area (Å²) in [5.41, 5.74) is -4.37. The Morgan fingerprint density at radius 1 is 0.941 bits per heavy atom. The Morgan fingerprint density at radius 3 is 2.14 bits per heavy atom. The lowest BCUT2D eigenvalue weighted by molar-refractivity contribution is -0.318. The Kier molecular flexibility index (Phi) is 15.3. The number of rotatable bonds is 7. The van der Waals surface area contributed by atoms with E-state index in [1.807, 2.05) is 39.8 Å². The first kappa shape index (κ1) is 44.4. The predicted octanol–water partition coefficient (Wildman–Crippen LogP) is 1.56. The number of esters is 1. The first-order valence-electron chi connectivity index (χ1n) is 18.8. The highest BCUT2D eigenvalue weighted by atomic mass is 16.7. The molecule has 0 aromatic heterocycles. The van der Waals surface area contributed by atoms with E-state index in [-0.39, 0.29) is 37.3 Å². The lowest BCUT2D eigenvalue weighted by atomic mass is 9.77. The second-order valence-electron chi connectivity index (χ2n) is 16.7. The molecular weight excluding hydrogens is 664 g/mol. The first-order valence-corrected chi connectivity index (χ1v) is 18.8. The zero-order valence-corrected chi connectivity index (χ0v) is 33.2. The van der Waals surface area contributed by atoms with E-state index in [4.69, 9.17) is 28.4 Å². The predicted molar refractivity (Wildman–Crippen MR) is 190 cm³/mol. The van der Waals surface area contributed by atoms with Crippen LogP contribution in [0.4, 0.5) is 0 Å². The second kappa shape index (κ2) is 17.6. The number of likely N-dealkylation sites (N-methyl/N-ethyl adjacent to an activating group) is 1. The van der Waals surface area contributed by atoms with Crippen LogP contribution in [0.2, 0.25) is 0 Å². The number of nitrogens with one attached hydrogen (secondary N) is 1. The van der Waals surface area contributed by atoms with Gasteiger partial charge in [-0.15, -0.1) is 0 Å². The molecule has 0 spiro atoms. The molecule has 0 amide bonds. The van der Waals surface area contributed by atoms with Crippen molar-refractivity contribution in [2.24, 2.45) is 17.8 Å². The van der Waals surface area contributed by atoms with Gasteiger partial charge in [0.15, 0.2) is 12.6 Å². The molecule has 0 aromatic carbocycles. The maximum absolute atomic E-state index is 14.1. The van der Waals surface area contributed by atoms with Crippen molar-refractivity contribution in [3.63, 3.8) is 0 Å². The van der Waals surface area contributed by atoms with Gasteiger partial charge in [0.1, 0.15) is 30.0 Å². The fourth-order valence-electron chi connectivity index (χ4n) is 8.36. The number of hydrogen-bond acceptors (Lipinski definition) is 14. The molecule has 3 aliphatic rings. The third kappa shape index (κ3) is 10.2. The van der Waals surface area contributed by atoms with Crippen LogP contribution in [-0.4, -0.2) is 154 Å². The van der Waals surface area contributed by atoms with Crippen LogP contribution < -0.4 is 5.32 Å². The number of carbonyl (C=O) groups is 1. The van der Waals surface area contributed by atoms with Crippen molar-refractivity contribution in [2.75, 3.05) is 27.7 Å². The van der Waals surface area contributed by atoms with Gasteiger partial charge in [0, 0.05) is 31.5 Å². The molecule has 3 aliphatic heterocycles. The molecule has 300 valence electrons. The van der Waals surface area contributed by atoms with Crippen LogP contribution >= 0.6 is 0 Å². The lowest BCUT2D eigenvalue weighted by Crippen LogP contribution is -2.60. The van der Waals surface area contributed by atoms with Gasteiger partial charge in [-0.1, -0.05) is 20.8 Å². The third-order valence-corrected chi connectivity index (χ3v) is 11.7. The van der Waals surface area contributed by atoms with Crippen molar-refractivity contribution in [1.82, 2.24) is 10.2 Å². The average Bonchev–Trinajstić information content (AvgIpc) is 3.05. The van der Waals surface area contributed by atoms with Crippen molar-refractivity contribution in [1.29, 1.82) is 0 Å². The van der Waals surface area contributed by atoms with E-state index in [1.165, 1.54) is 14.0 Å². The highest BCUT2D eigenvalue weighted by Crippen LogP contribution is 2.40. The Balaban J connectivity index is 2.15. The topological polar surface area (TPSA) is 189 Å². The number of aliphatic hydroxyl groups is 5. The summed E-state index contributed by atoms with van der Waals surface area (Å²) in [5.74, 6) is -2.60. The van der Waals surface area contributed by atoms with Gasteiger partial charge >= 0.3 is 5.97 Å². The van der Waals surface area contributed by atoms with Crippen LogP contribution in [0.5, 0.6) is 0 Å². The number of aliphatic hydroxyl groups excluding tert-OH is 3. The minimum atomic E-state index is -1.80. The molecule has 18 atom stereocenters.